The first kappa shape index (κ1) is 11.0. The lowest BCUT2D eigenvalue weighted by Crippen LogP contribution is -2.28. The van der Waals surface area contributed by atoms with Crippen molar-refractivity contribution in [3.05, 3.63) is 48.3 Å². The maximum atomic E-state index is 12.1. The molecule has 0 unspecified atom stereocenters. The van der Waals surface area contributed by atoms with Gasteiger partial charge in [0.1, 0.15) is 0 Å². The number of benzene rings is 1. The van der Waals surface area contributed by atoms with Crippen molar-refractivity contribution in [1.29, 1.82) is 0 Å². The predicted molar refractivity (Wildman–Crippen MR) is 68.7 cm³/mol. The lowest BCUT2D eigenvalue weighted by Gasteiger charge is -2.12. The van der Waals surface area contributed by atoms with Gasteiger partial charge in [0, 0.05) is 19.3 Å². The molecule has 2 aromatic rings. The molecule has 0 saturated carbocycles. The molecule has 1 aromatic heterocycles. The summed E-state index contributed by atoms with van der Waals surface area (Å²) in [6.07, 6.45) is 4.04. The molecule has 0 radical (unpaired) electrons. The second kappa shape index (κ2) is 4.64. The third-order valence-electron chi connectivity index (χ3n) is 3.22. The highest BCUT2D eigenvalue weighted by atomic mass is 16.2. The van der Waals surface area contributed by atoms with Gasteiger partial charge in [0.15, 0.2) is 5.69 Å². The summed E-state index contributed by atoms with van der Waals surface area (Å²) in [5, 5.41) is 4.35. The largest absolute Gasteiger partial charge is 0.337 e. The summed E-state index contributed by atoms with van der Waals surface area (Å²) < 4.78 is 1.74. The first-order valence-electron chi connectivity index (χ1n) is 6.25. The molecule has 1 amide bonds. The third-order valence-corrected chi connectivity index (χ3v) is 3.22. The number of likely N-dealkylation sites (tertiary alicyclic amines) is 1. The molecular formula is C14H15N3O. The molecule has 1 fully saturated rings. The number of hydrogen-bond donors (Lipinski definition) is 0. The summed E-state index contributed by atoms with van der Waals surface area (Å²) in [4.78, 5) is 14.0. The van der Waals surface area contributed by atoms with Crippen molar-refractivity contribution in [3.63, 3.8) is 0 Å². The Morgan fingerprint density at radius 3 is 2.50 bits per heavy atom. The van der Waals surface area contributed by atoms with Gasteiger partial charge in [0.2, 0.25) is 0 Å². The Hall–Kier alpha value is -2.10. The number of para-hydroxylation sites is 1. The van der Waals surface area contributed by atoms with Crippen LogP contribution in [0.5, 0.6) is 0 Å². The van der Waals surface area contributed by atoms with E-state index in [1.54, 1.807) is 10.7 Å². The van der Waals surface area contributed by atoms with Crippen LogP contribution in [-0.4, -0.2) is 33.7 Å². The van der Waals surface area contributed by atoms with Crippen LogP contribution in [-0.2, 0) is 0 Å². The highest BCUT2D eigenvalue weighted by molar-refractivity contribution is 5.92. The number of amides is 1. The number of hydrogen-bond acceptors (Lipinski definition) is 2. The van der Waals surface area contributed by atoms with E-state index in [-0.39, 0.29) is 5.91 Å². The second-order valence-corrected chi connectivity index (χ2v) is 4.48. The van der Waals surface area contributed by atoms with Crippen LogP contribution in [0.2, 0.25) is 0 Å². The standard InChI is InChI=1S/C14H15N3O/c18-14(16-9-4-5-10-16)13-8-11-17(15-13)12-6-2-1-3-7-12/h1-3,6-8,11H,4-5,9-10H2. The number of nitrogens with zero attached hydrogens (tertiary/aromatic N) is 3. The van der Waals surface area contributed by atoms with Gasteiger partial charge >= 0.3 is 0 Å². The number of carbonyl (C=O) groups excluding carboxylic acids is 1. The molecule has 0 aliphatic carbocycles. The molecule has 2 heterocycles. The normalized spacial score (nSPS) is 15.0. The van der Waals surface area contributed by atoms with E-state index in [2.05, 4.69) is 5.10 Å². The van der Waals surface area contributed by atoms with Gasteiger partial charge in [-0.2, -0.15) is 5.10 Å². The molecule has 1 aromatic carbocycles. The summed E-state index contributed by atoms with van der Waals surface area (Å²) in [5.74, 6) is 0.0437. The van der Waals surface area contributed by atoms with Crippen LogP contribution in [0, 0.1) is 0 Å². The molecule has 4 heteroatoms. The van der Waals surface area contributed by atoms with E-state index in [4.69, 9.17) is 0 Å². The highest BCUT2D eigenvalue weighted by Gasteiger charge is 2.21. The third kappa shape index (κ3) is 2.01. The molecule has 4 nitrogen and oxygen atoms in total. The first-order valence-corrected chi connectivity index (χ1v) is 6.25. The van der Waals surface area contributed by atoms with Crippen LogP contribution in [0.25, 0.3) is 5.69 Å². The Morgan fingerprint density at radius 2 is 1.78 bits per heavy atom. The minimum Gasteiger partial charge on any atom is -0.337 e. The van der Waals surface area contributed by atoms with Gasteiger partial charge in [-0.3, -0.25) is 4.79 Å². The Morgan fingerprint density at radius 1 is 1.06 bits per heavy atom. The molecule has 1 aliphatic rings. The van der Waals surface area contributed by atoms with Crippen molar-refractivity contribution in [1.82, 2.24) is 14.7 Å². The van der Waals surface area contributed by atoms with E-state index in [9.17, 15) is 4.79 Å². The second-order valence-electron chi connectivity index (χ2n) is 4.48. The number of rotatable bonds is 2. The quantitative estimate of drug-likeness (QED) is 0.807. The van der Waals surface area contributed by atoms with Crippen LogP contribution in [0.4, 0.5) is 0 Å². The van der Waals surface area contributed by atoms with E-state index in [1.807, 2.05) is 41.4 Å². The van der Waals surface area contributed by atoms with Crippen LogP contribution in [0.15, 0.2) is 42.6 Å². The van der Waals surface area contributed by atoms with Gasteiger partial charge in [0.25, 0.3) is 5.91 Å². The summed E-state index contributed by atoms with van der Waals surface area (Å²) in [5.41, 5.74) is 1.50. The molecular weight excluding hydrogens is 226 g/mol. The zero-order valence-electron chi connectivity index (χ0n) is 10.1. The molecule has 0 bridgehead atoms. The molecule has 0 spiro atoms. The molecule has 18 heavy (non-hydrogen) atoms. The fourth-order valence-electron chi connectivity index (χ4n) is 2.24. The maximum Gasteiger partial charge on any atom is 0.274 e. The van der Waals surface area contributed by atoms with Gasteiger partial charge in [-0.15, -0.1) is 0 Å². The van der Waals surface area contributed by atoms with E-state index in [0.29, 0.717) is 5.69 Å². The summed E-state index contributed by atoms with van der Waals surface area (Å²) in [7, 11) is 0. The van der Waals surface area contributed by atoms with Gasteiger partial charge in [0.05, 0.1) is 5.69 Å². The molecule has 92 valence electrons. The average molecular weight is 241 g/mol. The number of aromatic nitrogens is 2. The van der Waals surface area contributed by atoms with Crippen LogP contribution in [0.3, 0.4) is 0 Å². The monoisotopic (exact) mass is 241 g/mol. The van der Waals surface area contributed by atoms with Crippen LogP contribution in [0.1, 0.15) is 23.3 Å². The van der Waals surface area contributed by atoms with Gasteiger partial charge in [-0.05, 0) is 31.0 Å². The molecule has 3 rings (SSSR count). The highest BCUT2D eigenvalue weighted by Crippen LogP contribution is 2.13. The Labute approximate surface area is 106 Å². The van der Waals surface area contributed by atoms with Gasteiger partial charge < -0.3 is 4.90 Å². The van der Waals surface area contributed by atoms with E-state index >= 15 is 0 Å². The van der Waals surface area contributed by atoms with Crippen molar-refractivity contribution >= 4 is 5.91 Å². The minimum atomic E-state index is 0.0437. The lowest BCUT2D eigenvalue weighted by molar-refractivity contribution is 0.0786. The Bertz CT molecular complexity index is 541. The number of carbonyl (C=O) groups is 1. The zero-order chi connectivity index (χ0) is 12.4. The fraction of sp³-hybridized carbons (Fsp3) is 0.286. The summed E-state index contributed by atoms with van der Waals surface area (Å²) >= 11 is 0. The summed E-state index contributed by atoms with van der Waals surface area (Å²) in [6.45, 7) is 1.72. The lowest BCUT2D eigenvalue weighted by atomic mass is 10.3. The predicted octanol–water partition coefficient (Wildman–Crippen LogP) is 2.11. The fourth-order valence-corrected chi connectivity index (χ4v) is 2.24. The molecule has 1 saturated heterocycles. The topological polar surface area (TPSA) is 38.1 Å². The van der Waals surface area contributed by atoms with Crippen molar-refractivity contribution in [3.8, 4) is 5.69 Å². The zero-order valence-corrected chi connectivity index (χ0v) is 10.1. The van der Waals surface area contributed by atoms with Crippen molar-refractivity contribution in [2.75, 3.05) is 13.1 Å². The minimum absolute atomic E-state index is 0.0437. The maximum absolute atomic E-state index is 12.1. The van der Waals surface area contributed by atoms with E-state index in [0.717, 1.165) is 31.6 Å². The molecule has 0 N–H and O–H groups in total. The summed E-state index contributed by atoms with van der Waals surface area (Å²) in [6, 6.07) is 11.6. The van der Waals surface area contributed by atoms with Crippen LogP contribution >= 0.6 is 0 Å². The Kier molecular flexibility index (Phi) is 2.84. The van der Waals surface area contributed by atoms with Gasteiger partial charge in [-0.25, -0.2) is 4.68 Å². The molecule has 1 aliphatic heterocycles. The van der Waals surface area contributed by atoms with Crippen molar-refractivity contribution < 1.29 is 4.79 Å². The van der Waals surface area contributed by atoms with Gasteiger partial charge in [-0.1, -0.05) is 18.2 Å². The van der Waals surface area contributed by atoms with Crippen LogP contribution < -0.4 is 0 Å². The molecule has 0 atom stereocenters. The Balaban J connectivity index is 1.83. The van der Waals surface area contributed by atoms with Crippen molar-refractivity contribution in [2.45, 2.75) is 12.8 Å². The van der Waals surface area contributed by atoms with Crippen molar-refractivity contribution in [2.24, 2.45) is 0 Å². The average Bonchev–Trinajstić information content (AvgIpc) is 3.10. The first-order chi connectivity index (χ1) is 8.84. The van der Waals surface area contributed by atoms with E-state index in [1.165, 1.54) is 0 Å². The SMILES string of the molecule is O=C(c1ccn(-c2ccccc2)n1)N1CCCC1. The smallest absolute Gasteiger partial charge is 0.274 e. The van der Waals surface area contributed by atoms with E-state index < -0.39 is 0 Å².